The van der Waals surface area contributed by atoms with E-state index in [1.807, 2.05) is 7.05 Å². The van der Waals surface area contributed by atoms with E-state index in [0.29, 0.717) is 0 Å². The van der Waals surface area contributed by atoms with E-state index >= 15 is 0 Å². The molecule has 0 fully saturated rings. The molecule has 0 amide bonds. The molecule has 0 atom stereocenters. The van der Waals surface area contributed by atoms with Crippen molar-refractivity contribution in [1.29, 1.82) is 0 Å². The van der Waals surface area contributed by atoms with Gasteiger partial charge in [-0.2, -0.15) is 0 Å². The minimum absolute atomic E-state index is 0.780. The lowest BCUT2D eigenvalue weighted by Crippen LogP contribution is -2.33. The molecular formula is C11H26N2. The second-order valence-corrected chi connectivity index (χ2v) is 4.46. The van der Waals surface area contributed by atoms with Gasteiger partial charge in [-0.25, -0.2) is 0 Å². The Kier molecular flexibility index (Phi) is 7.29. The molecule has 0 heterocycles. The molecule has 0 aliphatic heterocycles. The molecule has 2 N–H and O–H groups in total. The maximum atomic E-state index is 3.49. The molecule has 2 heteroatoms. The van der Waals surface area contributed by atoms with E-state index in [1.54, 1.807) is 0 Å². The standard InChI is InChI=1S/C11H26N2/c1-9(2)11(10(3)4)8-13-7-6-12-5/h9-13H,6-8H2,1-5H3. The van der Waals surface area contributed by atoms with Crippen LogP contribution in [0.25, 0.3) is 0 Å². The number of hydrogen-bond acceptors (Lipinski definition) is 2. The molecule has 80 valence electrons. The van der Waals surface area contributed by atoms with Crippen molar-refractivity contribution >= 4 is 0 Å². The molecule has 0 aliphatic carbocycles. The molecule has 0 rings (SSSR count). The van der Waals surface area contributed by atoms with Crippen molar-refractivity contribution in [3.8, 4) is 0 Å². The van der Waals surface area contributed by atoms with E-state index in [0.717, 1.165) is 37.4 Å². The SMILES string of the molecule is CNCCNCC(C(C)C)C(C)C. The second-order valence-electron chi connectivity index (χ2n) is 4.46. The smallest absolute Gasteiger partial charge is 0.00767 e. The van der Waals surface area contributed by atoms with Crippen LogP contribution >= 0.6 is 0 Å². The zero-order chi connectivity index (χ0) is 10.3. The van der Waals surface area contributed by atoms with Crippen molar-refractivity contribution in [3.05, 3.63) is 0 Å². The summed E-state index contributed by atoms with van der Waals surface area (Å²) in [4.78, 5) is 0. The van der Waals surface area contributed by atoms with Gasteiger partial charge >= 0.3 is 0 Å². The van der Waals surface area contributed by atoms with E-state index in [4.69, 9.17) is 0 Å². The highest BCUT2D eigenvalue weighted by molar-refractivity contribution is 4.69. The van der Waals surface area contributed by atoms with Gasteiger partial charge in [-0.3, -0.25) is 0 Å². The van der Waals surface area contributed by atoms with Crippen molar-refractivity contribution in [3.63, 3.8) is 0 Å². The van der Waals surface area contributed by atoms with Crippen LogP contribution in [0.1, 0.15) is 27.7 Å². The Morgan fingerprint density at radius 3 is 1.85 bits per heavy atom. The van der Waals surface area contributed by atoms with E-state index in [-0.39, 0.29) is 0 Å². The predicted molar refractivity (Wildman–Crippen MR) is 60.0 cm³/mol. The van der Waals surface area contributed by atoms with E-state index in [9.17, 15) is 0 Å². The average molecular weight is 186 g/mol. The normalized spacial score (nSPS) is 12.0. The first-order valence-electron chi connectivity index (χ1n) is 5.44. The maximum absolute atomic E-state index is 3.49. The summed E-state index contributed by atoms with van der Waals surface area (Å²) in [7, 11) is 1.99. The van der Waals surface area contributed by atoms with Gasteiger partial charge in [0.1, 0.15) is 0 Å². The fourth-order valence-corrected chi connectivity index (χ4v) is 1.72. The lowest BCUT2D eigenvalue weighted by molar-refractivity contribution is 0.276. The summed E-state index contributed by atoms with van der Waals surface area (Å²) >= 11 is 0. The van der Waals surface area contributed by atoms with E-state index in [2.05, 4.69) is 38.3 Å². The van der Waals surface area contributed by atoms with Gasteiger partial charge in [0.25, 0.3) is 0 Å². The number of hydrogen-bond donors (Lipinski definition) is 2. The highest BCUT2D eigenvalue weighted by Gasteiger charge is 2.16. The molecule has 0 bridgehead atoms. The van der Waals surface area contributed by atoms with Gasteiger partial charge in [0.05, 0.1) is 0 Å². The molecule has 0 unspecified atom stereocenters. The molecule has 0 aliphatic rings. The van der Waals surface area contributed by atoms with Gasteiger partial charge < -0.3 is 10.6 Å². The summed E-state index contributed by atoms with van der Waals surface area (Å²) in [5.41, 5.74) is 0. The minimum atomic E-state index is 0.780. The lowest BCUT2D eigenvalue weighted by Gasteiger charge is -2.25. The van der Waals surface area contributed by atoms with Gasteiger partial charge in [0.2, 0.25) is 0 Å². The van der Waals surface area contributed by atoms with E-state index < -0.39 is 0 Å². The van der Waals surface area contributed by atoms with Crippen molar-refractivity contribution in [1.82, 2.24) is 10.6 Å². The van der Waals surface area contributed by atoms with Crippen LogP contribution in [-0.4, -0.2) is 26.7 Å². The quantitative estimate of drug-likeness (QED) is 0.592. The fourth-order valence-electron chi connectivity index (χ4n) is 1.72. The van der Waals surface area contributed by atoms with Crippen molar-refractivity contribution in [2.75, 3.05) is 26.7 Å². The summed E-state index contributed by atoms with van der Waals surface area (Å²) in [5.74, 6) is 2.36. The average Bonchev–Trinajstić information content (AvgIpc) is 2.02. The van der Waals surface area contributed by atoms with Gasteiger partial charge in [0, 0.05) is 13.1 Å². The predicted octanol–water partition coefficient (Wildman–Crippen LogP) is 1.72. The third-order valence-corrected chi connectivity index (χ3v) is 2.64. The van der Waals surface area contributed by atoms with E-state index in [1.165, 1.54) is 0 Å². The third-order valence-electron chi connectivity index (χ3n) is 2.64. The Balaban J connectivity index is 3.58. The molecule has 2 nitrogen and oxygen atoms in total. The molecule has 0 aromatic carbocycles. The summed E-state index contributed by atoms with van der Waals surface area (Å²) in [6.45, 7) is 12.5. The first-order chi connectivity index (χ1) is 6.09. The van der Waals surface area contributed by atoms with Gasteiger partial charge in [-0.05, 0) is 31.3 Å². The summed E-state index contributed by atoms with van der Waals surface area (Å²) in [6.07, 6.45) is 0. The Morgan fingerprint density at radius 1 is 0.923 bits per heavy atom. The second kappa shape index (κ2) is 7.34. The molecule has 0 aromatic rings. The molecule has 13 heavy (non-hydrogen) atoms. The lowest BCUT2D eigenvalue weighted by atomic mass is 9.85. The first kappa shape index (κ1) is 12.9. The molecule has 0 spiro atoms. The summed E-state index contributed by atoms with van der Waals surface area (Å²) in [6, 6.07) is 0. The number of rotatable bonds is 7. The molecule has 0 saturated carbocycles. The van der Waals surface area contributed by atoms with Crippen LogP contribution in [-0.2, 0) is 0 Å². The molecule has 0 aromatic heterocycles. The third kappa shape index (κ3) is 6.05. The van der Waals surface area contributed by atoms with Crippen LogP contribution in [0.4, 0.5) is 0 Å². The zero-order valence-corrected chi connectivity index (χ0v) is 9.85. The zero-order valence-electron chi connectivity index (χ0n) is 9.85. The Hall–Kier alpha value is -0.0800. The van der Waals surface area contributed by atoms with Gasteiger partial charge in [-0.15, -0.1) is 0 Å². The highest BCUT2D eigenvalue weighted by atomic mass is 14.9. The van der Waals surface area contributed by atoms with Crippen LogP contribution < -0.4 is 10.6 Å². The summed E-state index contributed by atoms with van der Waals surface area (Å²) in [5, 5.41) is 6.62. The van der Waals surface area contributed by atoms with Crippen LogP contribution in [0.2, 0.25) is 0 Å². The van der Waals surface area contributed by atoms with Crippen LogP contribution in [0.3, 0.4) is 0 Å². The van der Waals surface area contributed by atoms with Gasteiger partial charge in [-0.1, -0.05) is 27.7 Å². The fraction of sp³-hybridized carbons (Fsp3) is 1.00. The first-order valence-corrected chi connectivity index (χ1v) is 5.44. The van der Waals surface area contributed by atoms with Crippen molar-refractivity contribution < 1.29 is 0 Å². The summed E-state index contributed by atoms with van der Waals surface area (Å²) < 4.78 is 0. The van der Waals surface area contributed by atoms with Crippen LogP contribution in [0, 0.1) is 17.8 Å². The maximum Gasteiger partial charge on any atom is 0.00767 e. The van der Waals surface area contributed by atoms with Crippen molar-refractivity contribution in [2.45, 2.75) is 27.7 Å². The van der Waals surface area contributed by atoms with Gasteiger partial charge in [0.15, 0.2) is 0 Å². The largest absolute Gasteiger partial charge is 0.318 e. The Labute approximate surface area is 83.5 Å². The number of likely N-dealkylation sites (N-methyl/N-ethyl adjacent to an activating group) is 1. The minimum Gasteiger partial charge on any atom is -0.318 e. The Bertz CT molecular complexity index is 103. The van der Waals surface area contributed by atoms with Crippen LogP contribution in [0.15, 0.2) is 0 Å². The highest BCUT2D eigenvalue weighted by Crippen LogP contribution is 2.19. The van der Waals surface area contributed by atoms with Crippen molar-refractivity contribution in [2.24, 2.45) is 17.8 Å². The molecule has 0 saturated heterocycles. The van der Waals surface area contributed by atoms with Crippen LogP contribution in [0.5, 0.6) is 0 Å². The molecule has 0 radical (unpaired) electrons. The monoisotopic (exact) mass is 186 g/mol. The molecular weight excluding hydrogens is 160 g/mol. The number of nitrogens with one attached hydrogen (secondary N) is 2. The Morgan fingerprint density at radius 2 is 1.46 bits per heavy atom. The topological polar surface area (TPSA) is 24.1 Å².